The van der Waals surface area contributed by atoms with Crippen molar-refractivity contribution in [3.8, 4) is 0 Å². The molecule has 1 aliphatic heterocycles. The second-order valence-electron chi connectivity index (χ2n) is 7.49. The highest BCUT2D eigenvalue weighted by molar-refractivity contribution is 7.52. The van der Waals surface area contributed by atoms with Crippen molar-refractivity contribution in [2.45, 2.75) is 64.3 Å². The third-order valence-corrected chi connectivity index (χ3v) is 6.40. The maximum Gasteiger partial charge on any atom is 0.280 e. The summed E-state index contributed by atoms with van der Waals surface area (Å²) in [6.07, 6.45) is -2.15. The van der Waals surface area contributed by atoms with Gasteiger partial charge in [-0.2, -0.15) is 4.98 Å². The largest absolute Gasteiger partial charge is 0.778 e. The molecular weight excluding hydrogens is 403 g/mol. The maximum atomic E-state index is 12.3. The number of fused-ring (bicyclic) bond motifs is 1. The molecule has 2 aromatic rings. The number of rotatable bonds is 7. The van der Waals surface area contributed by atoms with Crippen molar-refractivity contribution in [2.75, 3.05) is 18.1 Å². The minimum atomic E-state index is -4.11. The zero-order valence-electron chi connectivity index (χ0n) is 16.7. The first-order chi connectivity index (χ1) is 13.5. The van der Waals surface area contributed by atoms with Crippen molar-refractivity contribution in [2.24, 2.45) is 0 Å². The summed E-state index contributed by atoms with van der Waals surface area (Å²) in [4.78, 5) is 34.9. The molecule has 29 heavy (non-hydrogen) atoms. The molecule has 1 saturated heterocycles. The van der Waals surface area contributed by atoms with E-state index in [9.17, 15) is 14.3 Å². The highest BCUT2D eigenvalue weighted by Gasteiger charge is 2.41. The zero-order valence-corrected chi connectivity index (χ0v) is 17.6. The number of hydrogen-bond donors (Lipinski definition) is 3. The minimum Gasteiger partial charge on any atom is -0.778 e. The second kappa shape index (κ2) is 8.04. The monoisotopic (exact) mass is 429 g/mol. The molecule has 1 unspecified atom stereocenters. The summed E-state index contributed by atoms with van der Waals surface area (Å²) < 4.78 is 30.8. The summed E-state index contributed by atoms with van der Waals surface area (Å²) in [6.45, 7) is 6.92. The quantitative estimate of drug-likeness (QED) is 0.519. The van der Waals surface area contributed by atoms with Crippen molar-refractivity contribution in [1.29, 1.82) is 0 Å². The SMILES string of the molecule is CC(C)OC[C@H]1O[C@@H](n2c(N)nc3c(=O)[nH]c(N)nc32)C[C@H]1OP(=O)([O-])C(C)C. The van der Waals surface area contributed by atoms with Gasteiger partial charge in [0, 0.05) is 12.1 Å². The van der Waals surface area contributed by atoms with Crippen LogP contribution in [-0.2, 0) is 18.6 Å². The van der Waals surface area contributed by atoms with Crippen LogP contribution in [0.25, 0.3) is 11.2 Å². The average molecular weight is 429 g/mol. The average Bonchev–Trinajstić information content (AvgIpc) is 3.12. The predicted molar refractivity (Wildman–Crippen MR) is 104 cm³/mol. The molecule has 2 aromatic heterocycles. The van der Waals surface area contributed by atoms with E-state index in [0.717, 1.165) is 0 Å². The standard InChI is InChI=1S/C16H27N6O6P/c1-7(2)26-6-10-9(28-29(24,25)8(3)4)5-11(27-10)22-13-12(19-16(22)18)14(23)21-15(17)20-13/h7-11H,5-6H2,1-4H3,(H2,18,19)(H,24,25)(H3,17,20,21,23)/p-1/t9-,10-,11-/m1/s1. The number of aromatic nitrogens is 4. The van der Waals surface area contributed by atoms with Gasteiger partial charge in [0.05, 0.1) is 18.8 Å². The number of nitrogens with one attached hydrogen (secondary N) is 1. The van der Waals surface area contributed by atoms with Crippen LogP contribution >= 0.6 is 7.60 Å². The van der Waals surface area contributed by atoms with E-state index in [1.165, 1.54) is 4.57 Å². The van der Waals surface area contributed by atoms with Gasteiger partial charge in [-0.3, -0.25) is 14.3 Å². The van der Waals surface area contributed by atoms with E-state index in [1.807, 2.05) is 13.8 Å². The van der Waals surface area contributed by atoms with Gasteiger partial charge >= 0.3 is 0 Å². The van der Waals surface area contributed by atoms with Crippen LogP contribution in [0.5, 0.6) is 0 Å². The van der Waals surface area contributed by atoms with Gasteiger partial charge in [-0.25, -0.2) is 4.98 Å². The van der Waals surface area contributed by atoms with Crippen molar-refractivity contribution < 1.29 is 23.5 Å². The van der Waals surface area contributed by atoms with Crippen LogP contribution in [0.2, 0.25) is 0 Å². The van der Waals surface area contributed by atoms with E-state index in [2.05, 4.69) is 15.0 Å². The topological polar surface area (TPSA) is 183 Å². The summed E-state index contributed by atoms with van der Waals surface area (Å²) in [5.74, 6) is -0.107. The fourth-order valence-electron chi connectivity index (χ4n) is 3.02. The number of nitrogens with two attached hydrogens (primary N) is 2. The Kier molecular flexibility index (Phi) is 6.02. The summed E-state index contributed by atoms with van der Waals surface area (Å²) >= 11 is 0. The molecule has 0 aromatic carbocycles. The Balaban J connectivity index is 1.95. The van der Waals surface area contributed by atoms with Gasteiger partial charge in [0.15, 0.2) is 11.2 Å². The Bertz CT molecular complexity index is 988. The van der Waals surface area contributed by atoms with Crippen molar-refractivity contribution in [1.82, 2.24) is 19.5 Å². The Hall–Kier alpha value is -1.98. The summed E-state index contributed by atoms with van der Waals surface area (Å²) in [5, 5.41) is 0. The first-order valence-electron chi connectivity index (χ1n) is 9.29. The molecule has 12 nitrogen and oxygen atoms in total. The van der Waals surface area contributed by atoms with E-state index in [-0.39, 0.29) is 42.2 Å². The number of imidazole rings is 1. The third-order valence-electron chi connectivity index (χ3n) is 4.57. The molecule has 0 bridgehead atoms. The van der Waals surface area contributed by atoms with Crippen LogP contribution in [-0.4, -0.2) is 50.1 Å². The lowest BCUT2D eigenvalue weighted by Crippen LogP contribution is -2.32. The number of H-pyrrole nitrogens is 1. The molecule has 1 aliphatic rings. The molecule has 0 radical (unpaired) electrons. The molecule has 0 aliphatic carbocycles. The number of nitrogen functional groups attached to an aromatic ring is 2. The molecular formula is C16H26N6O6P-. The molecule has 162 valence electrons. The van der Waals surface area contributed by atoms with E-state index in [1.54, 1.807) is 13.8 Å². The molecule has 13 heteroatoms. The van der Waals surface area contributed by atoms with Crippen LogP contribution in [0.1, 0.15) is 40.3 Å². The van der Waals surface area contributed by atoms with Gasteiger partial charge in [0.2, 0.25) is 11.9 Å². The zero-order chi connectivity index (χ0) is 21.5. The van der Waals surface area contributed by atoms with Gasteiger partial charge in [0.25, 0.3) is 5.56 Å². The van der Waals surface area contributed by atoms with Gasteiger partial charge < -0.3 is 34.9 Å². The lowest BCUT2D eigenvalue weighted by atomic mass is 10.2. The van der Waals surface area contributed by atoms with E-state index in [4.69, 9.17) is 25.5 Å². The third kappa shape index (κ3) is 4.46. The van der Waals surface area contributed by atoms with E-state index in [0.29, 0.717) is 0 Å². The second-order valence-corrected chi connectivity index (χ2v) is 9.81. The van der Waals surface area contributed by atoms with Crippen LogP contribution < -0.4 is 21.9 Å². The van der Waals surface area contributed by atoms with Crippen molar-refractivity contribution in [3.63, 3.8) is 0 Å². The molecule has 3 rings (SSSR count). The predicted octanol–water partition coefficient (Wildman–Crippen LogP) is 0.344. The number of ether oxygens (including phenoxy) is 2. The molecule has 0 spiro atoms. The van der Waals surface area contributed by atoms with E-state index < -0.39 is 37.2 Å². The Morgan fingerprint density at radius 1 is 1.34 bits per heavy atom. The number of anilines is 2. The molecule has 0 amide bonds. The first-order valence-corrected chi connectivity index (χ1v) is 10.9. The van der Waals surface area contributed by atoms with Crippen molar-refractivity contribution in [3.05, 3.63) is 10.4 Å². The molecule has 4 atom stereocenters. The molecule has 0 saturated carbocycles. The Labute approximate surface area is 167 Å². The summed E-state index contributed by atoms with van der Waals surface area (Å²) in [7, 11) is -4.11. The van der Waals surface area contributed by atoms with Gasteiger partial charge in [0.1, 0.15) is 19.9 Å². The van der Waals surface area contributed by atoms with Crippen LogP contribution in [0.4, 0.5) is 11.9 Å². The fraction of sp³-hybridized carbons (Fsp3) is 0.688. The highest BCUT2D eigenvalue weighted by atomic mass is 31.2. The first kappa shape index (κ1) is 21.7. The number of nitrogens with zero attached hydrogens (tertiary/aromatic N) is 3. The van der Waals surface area contributed by atoms with Crippen LogP contribution in [0.3, 0.4) is 0 Å². The van der Waals surface area contributed by atoms with Gasteiger partial charge in [-0.15, -0.1) is 0 Å². The number of aromatic amines is 1. The smallest absolute Gasteiger partial charge is 0.280 e. The minimum absolute atomic E-state index is 0.00746. The maximum absolute atomic E-state index is 12.3. The number of hydrogen-bond acceptors (Lipinski definition) is 10. The summed E-state index contributed by atoms with van der Waals surface area (Å²) in [5.41, 5.74) is 10.6. The Morgan fingerprint density at radius 2 is 2.03 bits per heavy atom. The van der Waals surface area contributed by atoms with Crippen LogP contribution in [0, 0.1) is 0 Å². The lowest BCUT2D eigenvalue weighted by molar-refractivity contribution is -0.207. The van der Waals surface area contributed by atoms with Crippen molar-refractivity contribution >= 4 is 30.7 Å². The van der Waals surface area contributed by atoms with Gasteiger partial charge in [-0.1, -0.05) is 13.8 Å². The molecule has 1 fully saturated rings. The Morgan fingerprint density at radius 3 is 2.66 bits per heavy atom. The normalized spacial score (nSPS) is 24.6. The summed E-state index contributed by atoms with van der Waals surface area (Å²) in [6, 6.07) is 0. The molecule has 5 N–H and O–H groups in total. The molecule has 3 heterocycles. The van der Waals surface area contributed by atoms with Crippen LogP contribution in [0.15, 0.2) is 4.79 Å². The van der Waals surface area contributed by atoms with Gasteiger partial charge in [-0.05, 0) is 13.8 Å². The highest BCUT2D eigenvalue weighted by Crippen LogP contribution is 2.48. The fourth-order valence-corrected chi connectivity index (χ4v) is 3.86. The van der Waals surface area contributed by atoms with E-state index >= 15 is 0 Å². The lowest BCUT2D eigenvalue weighted by Gasteiger charge is -2.31.